The first-order valence-electron chi connectivity index (χ1n) is 6.14. The Morgan fingerprint density at radius 3 is 2.45 bits per heavy atom. The van der Waals surface area contributed by atoms with Crippen molar-refractivity contribution in [1.29, 1.82) is 0 Å². The molecule has 0 bridgehead atoms. The topological polar surface area (TPSA) is 58.4 Å². The molecule has 0 aromatic heterocycles. The van der Waals surface area contributed by atoms with Crippen molar-refractivity contribution in [2.45, 2.75) is 6.92 Å². The van der Waals surface area contributed by atoms with Crippen LogP contribution in [0.5, 0.6) is 0 Å². The number of hydrogen-bond donors (Lipinski definition) is 2. The minimum atomic E-state index is -0.560. The van der Waals surface area contributed by atoms with Gasteiger partial charge in [-0.15, -0.1) is 0 Å². The van der Waals surface area contributed by atoms with Gasteiger partial charge in [0.25, 0.3) is 5.91 Å². The molecule has 0 heterocycles. The van der Waals surface area contributed by atoms with Crippen molar-refractivity contribution < 1.29 is 9.18 Å². The van der Waals surface area contributed by atoms with Gasteiger partial charge in [-0.1, -0.05) is 23.8 Å². The molecule has 0 saturated carbocycles. The molecule has 2 aromatic carbocycles. The molecule has 104 valence electrons. The number of nitrogens with one attached hydrogen (secondary N) is 1. The van der Waals surface area contributed by atoms with Gasteiger partial charge in [-0.05, 0) is 31.2 Å². The molecule has 0 spiro atoms. The molecular formula is C15H16FN3O. The molecule has 0 aliphatic rings. The quantitative estimate of drug-likeness (QED) is 0.667. The molecule has 3 N–H and O–H groups in total. The standard InChI is InChI=1S/C15H16FN3O/c1-10-6-8-11(9-7-10)19(2)15(20)12-4-3-5-13(16)14(12)18-17/h3-9,18H,17H2,1-2H3. The molecule has 0 unspecified atom stereocenters. The fraction of sp³-hybridized carbons (Fsp3) is 0.133. The highest BCUT2D eigenvalue weighted by molar-refractivity contribution is 6.09. The van der Waals surface area contributed by atoms with Gasteiger partial charge in [-0.25, -0.2) is 4.39 Å². The van der Waals surface area contributed by atoms with Crippen molar-refractivity contribution in [1.82, 2.24) is 0 Å². The highest BCUT2D eigenvalue weighted by Crippen LogP contribution is 2.23. The van der Waals surface area contributed by atoms with Crippen LogP contribution < -0.4 is 16.2 Å². The molecule has 1 amide bonds. The number of carbonyl (C=O) groups is 1. The Kier molecular flexibility index (Phi) is 4.00. The number of rotatable bonds is 3. The lowest BCUT2D eigenvalue weighted by Crippen LogP contribution is -2.28. The fourth-order valence-corrected chi connectivity index (χ4v) is 1.92. The number of para-hydroxylation sites is 1. The van der Waals surface area contributed by atoms with Gasteiger partial charge >= 0.3 is 0 Å². The van der Waals surface area contributed by atoms with Gasteiger partial charge in [-0.3, -0.25) is 10.6 Å². The Morgan fingerprint density at radius 2 is 1.85 bits per heavy atom. The summed E-state index contributed by atoms with van der Waals surface area (Å²) in [7, 11) is 1.64. The van der Waals surface area contributed by atoms with Crippen molar-refractivity contribution in [3.05, 3.63) is 59.4 Å². The second-order valence-electron chi connectivity index (χ2n) is 4.51. The third-order valence-corrected chi connectivity index (χ3v) is 3.11. The first kappa shape index (κ1) is 14.0. The van der Waals surface area contributed by atoms with E-state index in [4.69, 9.17) is 5.84 Å². The van der Waals surface area contributed by atoms with E-state index < -0.39 is 5.82 Å². The Labute approximate surface area is 117 Å². The maximum Gasteiger partial charge on any atom is 0.260 e. The van der Waals surface area contributed by atoms with Gasteiger partial charge in [-0.2, -0.15) is 0 Å². The van der Waals surface area contributed by atoms with E-state index in [1.807, 2.05) is 31.2 Å². The van der Waals surface area contributed by atoms with Crippen molar-refractivity contribution in [3.63, 3.8) is 0 Å². The van der Waals surface area contributed by atoms with E-state index in [1.165, 1.54) is 23.1 Å². The van der Waals surface area contributed by atoms with Crippen LogP contribution in [0.2, 0.25) is 0 Å². The molecule has 2 rings (SSSR count). The number of hydrazine groups is 1. The number of anilines is 2. The molecule has 0 atom stereocenters. The number of benzene rings is 2. The van der Waals surface area contributed by atoms with Crippen molar-refractivity contribution in [2.75, 3.05) is 17.4 Å². The minimum absolute atomic E-state index is 0.00328. The lowest BCUT2D eigenvalue weighted by molar-refractivity contribution is 0.0993. The number of halogens is 1. The normalized spacial score (nSPS) is 10.2. The summed E-state index contributed by atoms with van der Waals surface area (Å²) in [4.78, 5) is 13.9. The lowest BCUT2D eigenvalue weighted by atomic mass is 10.1. The number of amides is 1. The Balaban J connectivity index is 2.36. The summed E-state index contributed by atoms with van der Waals surface area (Å²) in [5.41, 5.74) is 4.26. The Morgan fingerprint density at radius 1 is 1.20 bits per heavy atom. The van der Waals surface area contributed by atoms with E-state index in [-0.39, 0.29) is 17.2 Å². The maximum absolute atomic E-state index is 13.6. The maximum atomic E-state index is 13.6. The van der Waals surface area contributed by atoms with Crippen molar-refractivity contribution >= 4 is 17.3 Å². The molecule has 5 heteroatoms. The largest absolute Gasteiger partial charge is 0.321 e. The molecule has 4 nitrogen and oxygen atoms in total. The number of nitrogens with two attached hydrogens (primary N) is 1. The van der Waals surface area contributed by atoms with Crippen LogP contribution in [0.25, 0.3) is 0 Å². The van der Waals surface area contributed by atoms with Gasteiger partial charge in [0.1, 0.15) is 5.82 Å². The first-order chi connectivity index (χ1) is 9.54. The zero-order valence-corrected chi connectivity index (χ0v) is 11.4. The summed E-state index contributed by atoms with van der Waals surface area (Å²) in [5, 5.41) is 0. The average Bonchev–Trinajstić information content (AvgIpc) is 2.46. The molecule has 0 saturated heterocycles. The van der Waals surface area contributed by atoms with Crippen LogP contribution in [0.4, 0.5) is 15.8 Å². The SMILES string of the molecule is Cc1ccc(N(C)C(=O)c2cccc(F)c2NN)cc1. The monoisotopic (exact) mass is 273 g/mol. The van der Waals surface area contributed by atoms with Gasteiger partial charge in [0.2, 0.25) is 0 Å². The molecule has 0 aliphatic heterocycles. The Bertz CT molecular complexity index is 626. The summed E-state index contributed by atoms with van der Waals surface area (Å²) < 4.78 is 13.6. The highest BCUT2D eigenvalue weighted by atomic mass is 19.1. The number of aryl methyl sites for hydroxylation is 1. The third kappa shape index (κ3) is 2.62. The van der Waals surface area contributed by atoms with Crippen LogP contribution in [-0.2, 0) is 0 Å². The molecule has 0 aliphatic carbocycles. The molecule has 0 fully saturated rings. The summed E-state index contributed by atoms with van der Waals surface area (Å²) in [6.45, 7) is 1.97. The van der Waals surface area contributed by atoms with E-state index in [0.29, 0.717) is 0 Å². The average molecular weight is 273 g/mol. The summed E-state index contributed by atoms with van der Waals surface area (Å²) in [6.07, 6.45) is 0. The van der Waals surface area contributed by atoms with Crippen LogP contribution in [0.1, 0.15) is 15.9 Å². The molecule has 20 heavy (non-hydrogen) atoms. The summed E-state index contributed by atoms with van der Waals surface area (Å²) in [5.74, 6) is 4.40. The number of hydrogen-bond acceptors (Lipinski definition) is 3. The number of nitrogen functional groups attached to an aromatic ring is 1. The summed E-state index contributed by atoms with van der Waals surface area (Å²) >= 11 is 0. The Hall–Kier alpha value is -2.40. The van der Waals surface area contributed by atoms with E-state index in [9.17, 15) is 9.18 Å². The smallest absolute Gasteiger partial charge is 0.260 e. The zero-order chi connectivity index (χ0) is 14.7. The highest BCUT2D eigenvalue weighted by Gasteiger charge is 2.19. The molecule has 2 aromatic rings. The summed E-state index contributed by atoms with van der Waals surface area (Å²) in [6, 6.07) is 11.7. The minimum Gasteiger partial charge on any atom is -0.321 e. The van der Waals surface area contributed by atoms with Gasteiger partial charge < -0.3 is 10.3 Å². The van der Waals surface area contributed by atoms with Crippen LogP contribution >= 0.6 is 0 Å². The lowest BCUT2D eigenvalue weighted by Gasteiger charge is -2.19. The third-order valence-electron chi connectivity index (χ3n) is 3.11. The fourth-order valence-electron chi connectivity index (χ4n) is 1.92. The second kappa shape index (κ2) is 5.71. The van der Waals surface area contributed by atoms with Gasteiger partial charge in [0, 0.05) is 12.7 Å². The number of nitrogens with zero attached hydrogens (tertiary/aromatic N) is 1. The van der Waals surface area contributed by atoms with Crippen molar-refractivity contribution in [3.8, 4) is 0 Å². The molecular weight excluding hydrogens is 257 g/mol. The zero-order valence-electron chi connectivity index (χ0n) is 11.4. The number of carbonyl (C=O) groups excluding carboxylic acids is 1. The molecule has 0 radical (unpaired) electrons. The van der Waals surface area contributed by atoms with Crippen LogP contribution in [-0.4, -0.2) is 13.0 Å². The van der Waals surface area contributed by atoms with Crippen LogP contribution in [0.3, 0.4) is 0 Å². The van der Waals surface area contributed by atoms with Gasteiger partial charge in [0.05, 0.1) is 11.3 Å². The van der Waals surface area contributed by atoms with Crippen molar-refractivity contribution in [2.24, 2.45) is 5.84 Å². The van der Waals surface area contributed by atoms with Crippen LogP contribution in [0.15, 0.2) is 42.5 Å². The first-order valence-corrected chi connectivity index (χ1v) is 6.14. The predicted octanol–water partition coefficient (Wildman–Crippen LogP) is 2.70. The predicted molar refractivity (Wildman–Crippen MR) is 78.1 cm³/mol. The second-order valence-corrected chi connectivity index (χ2v) is 4.51. The van der Waals surface area contributed by atoms with Gasteiger partial charge in [0.15, 0.2) is 0 Å². The van der Waals surface area contributed by atoms with E-state index in [0.717, 1.165) is 11.3 Å². The van der Waals surface area contributed by atoms with E-state index >= 15 is 0 Å². The van der Waals surface area contributed by atoms with E-state index in [2.05, 4.69) is 5.43 Å². The van der Waals surface area contributed by atoms with E-state index in [1.54, 1.807) is 7.05 Å². The van der Waals surface area contributed by atoms with Crippen LogP contribution in [0, 0.1) is 12.7 Å².